The Balaban J connectivity index is 1.89. The van der Waals surface area contributed by atoms with E-state index in [0.29, 0.717) is 5.76 Å². The second-order valence-electron chi connectivity index (χ2n) is 4.12. The van der Waals surface area contributed by atoms with Gasteiger partial charge in [-0.1, -0.05) is 34.1 Å². The lowest BCUT2D eigenvalue weighted by molar-refractivity contribution is -0.120. The van der Waals surface area contributed by atoms with Gasteiger partial charge < -0.3 is 14.8 Å². The molecule has 0 saturated heterocycles. The van der Waals surface area contributed by atoms with Gasteiger partial charge in [0.1, 0.15) is 5.76 Å². The quantitative estimate of drug-likeness (QED) is 0.878. The normalized spacial score (nSPS) is 10.2. The van der Waals surface area contributed by atoms with Crippen LogP contribution < -0.4 is 5.32 Å². The standard InChI is InChI=1S/C14H12BrNO4/c15-11-4-2-1-3-9(11)7-13(17)16-8-10-5-6-12(20-10)14(18)19/h1-6H,7-8H2,(H,16,17)(H,18,19). The Hall–Kier alpha value is -2.08. The summed E-state index contributed by atoms with van der Waals surface area (Å²) >= 11 is 3.38. The van der Waals surface area contributed by atoms with Gasteiger partial charge >= 0.3 is 5.97 Å². The molecule has 0 fully saturated rings. The van der Waals surface area contributed by atoms with Crippen molar-refractivity contribution in [3.63, 3.8) is 0 Å². The molecule has 0 aliphatic rings. The molecule has 2 rings (SSSR count). The zero-order chi connectivity index (χ0) is 14.5. The van der Waals surface area contributed by atoms with E-state index in [-0.39, 0.29) is 24.6 Å². The minimum atomic E-state index is -1.13. The summed E-state index contributed by atoms with van der Waals surface area (Å²) in [6.07, 6.45) is 0.244. The number of benzene rings is 1. The van der Waals surface area contributed by atoms with Crippen LogP contribution in [0.3, 0.4) is 0 Å². The van der Waals surface area contributed by atoms with Crippen LogP contribution >= 0.6 is 15.9 Å². The number of halogens is 1. The lowest BCUT2D eigenvalue weighted by Crippen LogP contribution is -2.24. The summed E-state index contributed by atoms with van der Waals surface area (Å²) in [5, 5.41) is 11.4. The van der Waals surface area contributed by atoms with Gasteiger partial charge in [0.05, 0.1) is 13.0 Å². The fraction of sp³-hybridized carbons (Fsp3) is 0.143. The van der Waals surface area contributed by atoms with Crippen molar-refractivity contribution in [3.8, 4) is 0 Å². The fourth-order valence-electron chi connectivity index (χ4n) is 1.65. The highest BCUT2D eigenvalue weighted by molar-refractivity contribution is 9.10. The van der Waals surface area contributed by atoms with E-state index < -0.39 is 5.97 Å². The number of amides is 1. The van der Waals surface area contributed by atoms with Gasteiger partial charge in [-0.15, -0.1) is 0 Å². The molecular weight excluding hydrogens is 326 g/mol. The lowest BCUT2D eigenvalue weighted by atomic mass is 10.1. The molecule has 5 nitrogen and oxygen atoms in total. The molecule has 0 aliphatic heterocycles. The highest BCUT2D eigenvalue weighted by Crippen LogP contribution is 2.16. The molecular formula is C14H12BrNO4. The zero-order valence-corrected chi connectivity index (χ0v) is 12.0. The Labute approximate surface area is 123 Å². The van der Waals surface area contributed by atoms with Crippen LogP contribution in [0.4, 0.5) is 0 Å². The molecule has 2 N–H and O–H groups in total. The van der Waals surface area contributed by atoms with Crippen LogP contribution in [0.15, 0.2) is 45.3 Å². The van der Waals surface area contributed by atoms with Gasteiger partial charge in [-0.25, -0.2) is 4.79 Å². The molecule has 0 atom stereocenters. The maximum absolute atomic E-state index is 11.8. The van der Waals surface area contributed by atoms with Crippen LogP contribution in [0, 0.1) is 0 Å². The molecule has 0 aliphatic carbocycles. The van der Waals surface area contributed by atoms with E-state index in [1.54, 1.807) is 0 Å². The third kappa shape index (κ3) is 3.71. The summed E-state index contributed by atoms with van der Waals surface area (Å²) in [6.45, 7) is 0.163. The first-order chi connectivity index (χ1) is 9.56. The second-order valence-corrected chi connectivity index (χ2v) is 4.97. The summed E-state index contributed by atoms with van der Waals surface area (Å²) in [6, 6.07) is 10.4. The van der Waals surface area contributed by atoms with E-state index in [1.807, 2.05) is 24.3 Å². The monoisotopic (exact) mass is 337 g/mol. The Morgan fingerprint density at radius 1 is 1.20 bits per heavy atom. The molecule has 0 saturated carbocycles. The Kier molecular flexibility index (Phi) is 4.57. The number of carbonyl (C=O) groups is 2. The van der Waals surface area contributed by atoms with Crippen molar-refractivity contribution >= 4 is 27.8 Å². The van der Waals surface area contributed by atoms with Gasteiger partial charge in [0.25, 0.3) is 0 Å². The average Bonchev–Trinajstić information content (AvgIpc) is 2.88. The fourth-order valence-corrected chi connectivity index (χ4v) is 2.08. The number of carboxylic acids is 1. The Morgan fingerprint density at radius 3 is 2.60 bits per heavy atom. The molecule has 0 spiro atoms. The average molecular weight is 338 g/mol. The summed E-state index contributed by atoms with van der Waals surface area (Å²) in [7, 11) is 0. The van der Waals surface area contributed by atoms with Gasteiger partial charge in [0.2, 0.25) is 11.7 Å². The number of rotatable bonds is 5. The minimum Gasteiger partial charge on any atom is -0.475 e. The molecule has 1 aromatic carbocycles. The summed E-state index contributed by atoms with van der Waals surface area (Å²) in [5.41, 5.74) is 0.885. The Morgan fingerprint density at radius 2 is 1.95 bits per heavy atom. The molecule has 1 heterocycles. The van der Waals surface area contributed by atoms with Crippen molar-refractivity contribution in [2.75, 3.05) is 0 Å². The summed E-state index contributed by atoms with van der Waals surface area (Å²) in [5.74, 6) is -1.02. The molecule has 1 amide bonds. The topological polar surface area (TPSA) is 79.5 Å². The van der Waals surface area contributed by atoms with Crippen molar-refractivity contribution in [1.82, 2.24) is 5.32 Å². The highest BCUT2D eigenvalue weighted by atomic mass is 79.9. The molecule has 0 radical (unpaired) electrons. The van der Waals surface area contributed by atoms with E-state index in [4.69, 9.17) is 9.52 Å². The zero-order valence-electron chi connectivity index (χ0n) is 10.4. The first-order valence-electron chi connectivity index (χ1n) is 5.88. The number of furan rings is 1. The molecule has 104 valence electrons. The van der Waals surface area contributed by atoms with Crippen LogP contribution in [0.2, 0.25) is 0 Å². The van der Waals surface area contributed by atoms with Crippen molar-refractivity contribution in [1.29, 1.82) is 0 Å². The van der Waals surface area contributed by atoms with Crippen LogP contribution in [-0.2, 0) is 17.8 Å². The first-order valence-corrected chi connectivity index (χ1v) is 6.67. The van der Waals surface area contributed by atoms with Gasteiger partial charge in [0, 0.05) is 4.47 Å². The molecule has 2 aromatic rings. The van der Waals surface area contributed by atoms with E-state index >= 15 is 0 Å². The van der Waals surface area contributed by atoms with Crippen LogP contribution in [-0.4, -0.2) is 17.0 Å². The lowest BCUT2D eigenvalue weighted by Gasteiger charge is -2.05. The maximum Gasteiger partial charge on any atom is 0.371 e. The number of hydrogen-bond acceptors (Lipinski definition) is 3. The number of carbonyl (C=O) groups excluding carboxylic acids is 1. The third-order valence-electron chi connectivity index (χ3n) is 2.64. The predicted molar refractivity (Wildman–Crippen MR) is 75.4 cm³/mol. The summed E-state index contributed by atoms with van der Waals surface area (Å²) < 4.78 is 5.92. The highest BCUT2D eigenvalue weighted by Gasteiger charge is 2.10. The molecule has 0 bridgehead atoms. The van der Waals surface area contributed by atoms with Gasteiger partial charge in [-0.05, 0) is 23.8 Å². The van der Waals surface area contributed by atoms with Crippen molar-refractivity contribution in [2.45, 2.75) is 13.0 Å². The second kappa shape index (κ2) is 6.38. The van der Waals surface area contributed by atoms with Crippen molar-refractivity contribution < 1.29 is 19.1 Å². The van der Waals surface area contributed by atoms with Gasteiger partial charge in [-0.3, -0.25) is 4.79 Å². The predicted octanol–water partition coefficient (Wildman–Crippen LogP) is 2.60. The van der Waals surface area contributed by atoms with Crippen LogP contribution in [0.5, 0.6) is 0 Å². The van der Waals surface area contributed by atoms with E-state index in [0.717, 1.165) is 10.0 Å². The molecule has 1 aromatic heterocycles. The van der Waals surface area contributed by atoms with Crippen LogP contribution in [0.25, 0.3) is 0 Å². The van der Waals surface area contributed by atoms with Gasteiger partial charge in [-0.2, -0.15) is 0 Å². The summed E-state index contributed by atoms with van der Waals surface area (Å²) in [4.78, 5) is 22.4. The third-order valence-corrected chi connectivity index (χ3v) is 3.41. The smallest absolute Gasteiger partial charge is 0.371 e. The van der Waals surface area contributed by atoms with Crippen LogP contribution in [0.1, 0.15) is 21.9 Å². The largest absolute Gasteiger partial charge is 0.475 e. The number of nitrogens with one attached hydrogen (secondary N) is 1. The van der Waals surface area contributed by atoms with Crippen molar-refractivity contribution in [2.24, 2.45) is 0 Å². The molecule has 6 heteroatoms. The van der Waals surface area contributed by atoms with Crippen molar-refractivity contribution in [3.05, 3.63) is 58.0 Å². The van der Waals surface area contributed by atoms with E-state index in [1.165, 1.54) is 12.1 Å². The number of hydrogen-bond donors (Lipinski definition) is 2. The van der Waals surface area contributed by atoms with E-state index in [2.05, 4.69) is 21.2 Å². The number of aromatic carboxylic acids is 1. The minimum absolute atomic E-state index is 0.139. The number of carboxylic acid groups (broad SMARTS) is 1. The molecule has 20 heavy (non-hydrogen) atoms. The van der Waals surface area contributed by atoms with Gasteiger partial charge in [0.15, 0.2) is 0 Å². The Bertz CT molecular complexity index is 636. The first kappa shape index (κ1) is 14.3. The maximum atomic E-state index is 11.8. The SMILES string of the molecule is O=C(Cc1ccccc1Br)NCc1ccc(C(=O)O)o1. The van der Waals surface area contributed by atoms with E-state index in [9.17, 15) is 9.59 Å². The molecule has 0 unspecified atom stereocenters.